The van der Waals surface area contributed by atoms with E-state index in [0.29, 0.717) is 18.0 Å². The van der Waals surface area contributed by atoms with Crippen LogP contribution in [0, 0.1) is 23.7 Å². The average molecular weight is 284 g/mol. The summed E-state index contributed by atoms with van der Waals surface area (Å²) in [5.74, 6) is 7.19. The summed E-state index contributed by atoms with van der Waals surface area (Å²) in [5, 5.41) is 3.06. The summed E-state index contributed by atoms with van der Waals surface area (Å²) in [6, 6.07) is 7.43. The van der Waals surface area contributed by atoms with Crippen molar-refractivity contribution >= 4 is 5.91 Å². The molecule has 0 saturated heterocycles. The minimum atomic E-state index is -0.0319. The molecule has 1 amide bonds. The highest BCUT2D eigenvalue weighted by Crippen LogP contribution is 2.27. The molecule has 1 aliphatic rings. The van der Waals surface area contributed by atoms with Gasteiger partial charge >= 0.3 is 0 Å². The van der Waals surface area contributed by atoms with Crippen LogP contribution in [0.25, 0.3) is 0 Å². The summed E-state index contributed by atoms with van der Waals surface area (Å²) >= 11 is 0. The van der Waals surface area contributed by atoms with Crippen LogP contribution in [0.15, 0.2) is 24.3 Å². The van der Waals surface area contributed by atoms with Crippen LogP contribution in [0.3, 0.4) is 0 Å². The largest absolute Gasteiger partial charge is 0.352 e. The summed E-state index contributed by atoms with van der Waals surface area (Å²) in [4.78, 5) is 12.3. The molecular weight excluding hydrogens is 260 g/mol. The Hall–Kier alpha value is -1.79. The highest BCUT2D eigenvalue weighted by atomic mass is 16.1. The van der Waals surface area contributed by atoms with Gasteiger partial charge in [-0.2, -0.15) is 0 Å². The number of carbonyl (C=O) groups excluding carboxylic acids is 1. The lowest BCUT2D eigenvalue weighted by atomic mass is 9.83. The van der Waals surface area contributed by atoms with E-state index in [1.807, 2.05) is 24.3 Å². The van der Waals surface area contributed by atoms with Crippen molar-refractivity contribution in [3.63, 3.8) is 0 Å². The molecule has 1 saturated carbocycles. The molecule has 1 aliphatic carbocycles. The maximum Gasteiger partial charge on any atom is 0.252 e. The van der Waals surface area contributed by atoms with Gasteiger partial charge in [0.1, 0.15) is 0 Å². The van der Waals surface area contributed by atoms with Gasteiger partial charge in [0, 0.05) is 12.1 Å². The van der Waals surface area contributed by atoms with Crippen LogP contribution in [0.1, 0.15) is 48.5 Å². The molecule has 0 atom stereocenters. The first-order chi connectivity index (χ1) is 10.2. The monoisotopic (exact) mass is 284 g/mol. The van der Waals surface area contributed by atoms with Crippen LogP contribution in [0.4, 0.5) is 0 Å². The normalized spacial score (nSPS) is 21.2. The summed E-state index contributed by atoms with van der Waals surface area (Å²) in [7, 11) is 0. The zero-order chi connectivity index (χ0) is 15.1. The van der Waals surface area contributed by atoms with Crippen LogP contribution >= 0.6 is 0 Å². The number of benzene rings is 1. The number of hydrogen-bond donors (Lipinski definition) is 2. The molecule has 112 valence electrons. The number of rotatable bonds is 3. The molecule has 3 heteroatoms. The number of nitrogens with one attached hydrogen (secondary N) is 1. The van der Waals surface area contributed by atoms with Crippen molar-refractivity contribution in [2.75, 3.05) is 13.1 Å². The third-order valence-electron chi connectivity index (χ3n) is 4.18. The van der Waals surface area contributed by atoms with Gasteiger partial charge in [0.05, 0.1) is 12.1 Å². The maximum atomic E-state index is 12.3. The molecule has 1 fully saturated rings. The molecule has 21 heavy (non-hydrogen) atoms. The Kier molecular flexibility index (Phi) is 5.83. The Morgan fingerprint density at radius 1 is 1.29 bits per heavy atom. The van der Waals surface area contributed by atoms with Gasteiger partial charge in [-0.25, -0.2) is 0 Å². The second-order valence-electron chi connectivity index (χ2n) is 5.89. The van der Waals surface area contributed by atoms with E-state index in [9.17, 15) is 4.79 Å². The second kappa shape index (κ2) is 7.85. The quantitative estimate of drug-likeness (QED) is 0.838. The topological polar surface area (TPSA) is 55.1 Å². The Bertz CT molecular complexity index is 534. The standard InChI is InChI=1S/C18H24N2O/c1-14-8-10-15(11-9-14)13-20-18(21)17-7-3-2-5-16(17)6-4-12-19/h2-3,5,7,14-15H,8-13,19H2,1H3,(H,20,21). The minimum Gasteiger partial charge on any atom is -0.352 e. The molecule has 0 aliphatic heterocycles. The van der Waals surface area contributed by atoms with E-state index in [4.69, 9.17) is 5.73 Å². The minimum absolute atomic E-state index is 0.0319. The van der Waals surface area contributed by atoms with Gasteiger partial charge in [-0.3, -0.25) is 4.79 Å². The Morgan fingerprint density at radius 2 is 2.00 bits per heavy atom. The van der Waals surface area contributed by atoms with Crippen molar-refractivity contribution < 1.29 is 4.79 Å². The zero-order valence-corrected chi connectivity index (χ0v) is 12.7. The fraction of sp³-hybridized carbons (Fsp3) is 0.500. The zero-order valence-electron chi connectivity index (χ0n) is 12.7. The van der Waals surface area contributed by atoms with Gasteiger partial charge in [-0.1, -0.05) is 43.7 Å². The van der Waals surface area contributed by atoms with Gasteiger partial charge < -0.3 is 11.1 Å². The third-order valence-corrected chi connectivity index (χ3v) is 4.18. The van der Waals surface area contributed by atoms with Gasteiger partial charge in [0.15, 0.2) is 0 Å². The van der Waals surface area contributed by atoms with E-state index in [0.717, 1.165) is 18.0 Å². The molecule has 0 heterocycles. The van der Waals surface area contributed by atoms with E-state index in [2.05, 4.69) is 24.1 Å². The first-order valence-corrected chi connectivity index (χ1v) is 7.77. The molecule has 0 spiro atoms. The lowest BCUT2D eigenvalue weighted by Gasteiger charge is -2.26. The molecule has 0 radical (unpaired) electrons. The third kappa shape index (κ3) is 4.61. The van der Waals surface area contributed by atoms with Crippen LogP contribution in [-0.4, -0.2) is 19.0 Å². The highest BCUT2D eigenvalue weighted by molar-refractivity contribution is 5.96. The molecule has 1 aromatic rings. The van der Waals surface area contributed by atoms with E-state index in [-0.39, 0.29) is 5.91 Å². The molecule has 0 aromatic heterocycles. The Labute approximate surface area is 127 Å². The molecule has 3 N–H and O–H groups in total. The maximum absolute atomic E-state index is 12.3. The molecule has 1 aromatic carbocycles. The van der Waals surface area contributed by atoms with Crippen molar-refractivity contribution in [3.05, 3.63) is 35.4 Å². The molecule has 2 rings (SSSR count). The summed E-state index contributed by atoms with van der Waals surface area (Å²) in [6.45, 7) is 3.38. The van der Waals surface area contributed by atoms with Gasteiger partial charge in [0.25, 0.3) is 5.91 Å². The van der Waals surface area contributed by atoms with E-state index >= 15 is 0 Å². The van der Waals surface area contributed by atoms with Gasteiger partial charge in [-0.15, -0.1) is 0 Å². The summed E-state index contributed by atoms with van der Waals surface area (Å²) in [5.41, 5.74) is 6.78. The summed E-state index contributed by atoms with van der Waals surface area (Å²) < 4.78 is 0. The van der Waals surface area contributed by atoms with Crippen LogP contribution in [-0.2, 0) is 0 Å². The van der Waals surface area contributed by atoms with Crippen molar-refractivity contribution in [1.82, 2.24) is 5.32 Å². The van der Waals surface area contributed by atoms with Gasteiger partial charge in [-0.05, 0) is 36.8 Å². The fourth-order valence-electron chi connectivity index (χ4n) is 2.80. The van der Waals surface area contributed by atoms with Crippen molar-refractivity contribution in [2.45, 2.75) is 32.6 Å². The smallest absolute Gasteiger partial charge is 0.252 e. The van der Waals surface area contributed by atoms with Crippen molar-refractivity contribution in [3.8, 4) is 11.8 Å². The highest BCUT2D eigenvalue weighted by Gasteiger charge is 2.19. The number of carbonyl (C=O) groups is 1. The molecule has 3 nitrogen and oxygen atoms in total. The van der Waals surface area contributed by atoms with Gasteiger partial charge in [0.2, 0.25) is 0 Å². The molecular formula is C18H24N2O. The SMILES string of the molecule is CC1CCC(CNC(=O)c2ccccc2C#CCN)CC1. The average Bonchev–Trinajstić information content (AvgIpc) is 2.52. The predicted molar refractivity (Wildman–Crippen MR) is 85.8 cm³/mol. The summed E-state index contributed by atoms with van der Waals surface area (Å²) in [6.07, 6.45) is 4.99. The Balaban J connectivity index is 1.94. The first kappa shape index (κ1) is 15.6. The van der Waals surface area contributed by atoms with E-state index in [1.54, 1.807) is 0 Å². The van der Waals surface area contributed by atoms with Crippen LogP contribution < -0.4 is 11.1 Å². The fourth-order valence-corrected chi connectivity index (χ4v) is 2.80. The van der Waals surface area contributed by atoms with Crippen molar-refractivity contribution in [2.24, 2.45) is 17.6 Å². The number of nitrogens with two attached hydrogens (primary N) is 1. The second-order valence-corrected chi connectivity index (χ2v) is 5.89. The number of hydrogen-bond acceptors (Lipinski definition) is 2. The first-order valence-electron chi connectivity index (χ1n) is 7.77. The number of amides is 1. The Morgan fingerprint density at radius 3 is 2.71 bits per heavy atom. The molecule has 0 unspecified atom stereocenters. The van der Waals surface area contributed by atoms with Crippen LogP contribution in [0.2, 0.25) is 0 Å². The van der Waals surface area contributed by atoms with E-state index < -0.39 is 0 Å². The lowest BCUT2D eigenvalue weighted by molar-refractivity contribution is 0.0941. The predicted octanol–water partition coefficient (Wildman–Crippen LogP) is 2.55. The van der Waals surface area contributed by atoms with Crippen molar-refractivity contribution in [1.29, 1.82) is 0 Å². The molecule has 0 bridgehead atoms. The van der Waals surface area contributed by atoms with E-state index in [1.165, 1.54) is 25.7 Å². The van der Waals surface area contributed by atoms with Crippen LogP contribution in [0.5, 0.6) is 0 Å². The lowest BCUT2D eigenvalue weighted by Crippen LogP contribution is -2.31.